The van der Waals surface area contributed by atoms with Crippen molar-refractivity contribution >= 4 is 68.5 Å². The van der Waals surface area contributed by atoms with E-state index in [9.17, 15) is 20.2 Å². The standard InChI is InChI=1S/C21H16I2N4O5/c1-13-2-4-14(5-3-13)12-32-21-17(22)8-15(9-18(21)23)11-24-25-19-7-6-16(26(28)29)10-20(19)27(30)31/h2-11,25H,12H2,1H3/b24-11-. The van der Waals surface area contributed by atoms with Crippen molar-refractivity contribution < 1.29 is 14.6 Å². The van der Waals surface area contributed by atoms with Gasteiger partial charge in [0, 0.05) is 6.07 Å². The molecule has 0 saturated heterocycles. The van der Waals surface area contributed by atoms with Crippen LogP contribution in [0.1, 0.15) is 16.7 Å². The summed E-state index contributed by atoms with van der Waals surface area (Å²) in [4.78, 5) is 20.7. The zero-order valence-electron chi connectivity index (χ0n) is 16.6. The zero-order chi connectivity index (χ0) is 23.3. The summed E-state index contributed by atoms with van der Waals surface area (Å²) >= 11 is 4.36. The second kappa shape index (κ2) is 10.7. The molecule has 3 aromatic rings. The monoisotopic (exact) mass is 658 g/mol. The van der Waals surface area contributed by atoms with Gasteiger partial charge in [-0.05, 0) is 81.4 Å². The number of nitrogens with one attached hydrogen (secondary N) is 1. The summed E-state index contributed by atoms with van der Waals surface area (Å²) in [7, 11) is 0. The van der Waals surface area contributed by atoms with Gasteiger partial charge in [0.25, 0.3) is 5.69 Å². The Labute approximate surface area is 210 Å². The van der Waals surface area contributed by atoms with Crippen LogP contribution in [-0.2, 0) is 6.61 Å². The molecule has 1 N–H and O–H groups in total. The third-order valence-electron chi connectivity index (χ3n) is 4.31. The normalized spacial score (nSPS) is 10.8. The van der Waals surface area contributed by atoms with E-state index >= 15 is 0 Å². The molecule has 0 fully saturated rings. The lowest BCUT2D eigenvalue weighted by Crippen LogP contribution is -2.01. The van der Waals surface area contributed by atoms with E-state index < -0.39 is 15.5 Å². The number of hydrazone groups is 1. The third-order valence-corrected chi connectivity index (χ3v) is 5.91. The first-order valence-electron chi connectivity index (χ1n) is 9.14. The Kier molecular flexibility index (Phi) is 7.95. The molecule has 3 rings (SSSR count). The highest BCUT2D eigenvalue weighted by Gasteiger charge is 2.19. The van der Waals surface area contributed by atoms with Crippen LogP contribution in [0.4, 0.5) is 17.1 Å². The van der Waals surface area contributed by atoms with Gasteiger partial charge >= 0.3 is 5.69 Å². The van der Waals surface area contributed by atoms with Gasteiger partial charge in [0.1, 0.15) is 18.0 Å². The maximum atomic E-state index is 11.2. The van der Waals surface area contributed by atoms with Crippen LogP contribution < -0.4 is 10.2 Å². The molecular formula is C21H16I2N4O5. The van der Waals surface area contributed by atoms with Crippen LogP contribution in [-0.4, -0.2) is 16.1 Å². The summed E-state index contributed by atoms with van der Waals surface area (Å²) in [6, 6.07) is 15.2. The van der Waals surface area contributed by atoms with Crippen molar-refractivity contribution in [3.63, 3.8) is 0 Å². The molecule has 0 atom stereocenters. The topological polar surface area (TPSA) is 120 Å². The van der Waals surface area contributed by atoms with Gasteiger partial charge in [0.15, 0.2) is 0 Å². The van der Waals surface area contributed by atoms with E-state index in [1.807, 2.05) is 43.3 Å². The van der Waals surface area contributed by atoms with Gasteiger partial charge in [-0.15, -0.1) is 0 Å². The molecule has 164 valence electrons. The lowest BCUT2D eigenvalue weighted by atomic mass is 10.2. The van der Waals surface area contributed by atoms with Crippen LogP contribution >= 0.6 is 45.2 Å². The summed E-state index contributed by atoms with van der Waals surface area (Å²) < 4.78 is 7.78. The molecule has 0 aliphatic rings. The molecule has 0 aromatic heterocycles. The van der Waals surface area contributed by atoms with Gasteiger partial charge in [0.2, 0.25) is 0 Å². The van der Waals surface area contributed by atoms with Gasteiger partial charge in [-0.2, -0.15) is 5.10 Å². The number of anilines is 1. The summed E-state index contributed by atoms with van der Waals surface area (Å²) in [5.41, 5.74) is 4.87. The minimum absolute atomic E-state index is 0.0549. The van der Waals surface area contributed by atoms with E-state index in [1.54, 1.807) is 0 Å². The molecule has 0 aliphatic carbocycles. The maximum absolute atomic E-state index is 11.2. The lowest BCUT2D eigenvalue weighted by Gasteiger charge is -2.11. The zero-order valence-corrected chi connectivity index (χ0v) is 20.9. The molecular weight excluding hydrogens is 642 g/mol. The maximum Gasteiger partial charge on any atom is 0.301 e. The first-order chi connectivity index (χ1) is 15.2. The van der Waals surface area contributed by atoms with Gasteiger partial charge in [-0.1, -0.05) is 29.8 Å². The number of nitro benzene ring substituents is 2. The fraction of sp³-hybridized carbons (Fsp3) is 0.0952. The highest BCUT2D eigenvalue weighted by Crippen LogP contribution is 2.30. The Balaban J connectivity index is 1.72. The Hall–Kier alpha value is -2.81. The van der Waals surface area contributed by atoms with Crippen LogP contribution in [0.25, 0.3) is 0 Å². The molecule has 0 heterocycles. The molecule has 0 unspecified atom stereocenters. The van der Waals surface area contributed by atoms with Crippen molar-refractivity contribution in [2.24, 2.45) is 5.10 Å². The SMILES string of the molecule is Cc1ccc(COc2c(I)cc(/C=N\Nc3ccc([N+](=O)[O-])cc3[N+](=O)[O-])cc2I)cc1. The van der Waals surface area contributed by atoms with Gasteiger partial charge in [0.05, 0.1) is 29.3 Å². The third kappa shape index (κ3) is 6.12. The Bertz CT molecular complexity index is 1180. The molecule has 11 heteroatoms. The van der Waals surface area contributed by atoms with E-state index in [1.165, 1.54) is 23.9 Å². The summed E-state index contributed by atoms with van der Waals surface area (Å²) in [6.45, 7) is 2.48. The number of ether oxygens (including phenoxy) is 1. The number of aryl methyl sites for hydroxylation is 1. The molecule has 0 aliphatic heterocycles. The fourth-order valence-corrected chi connectivity index (χ4v) is 4.81. The van der Waals surface area contributed by atoms with Crippen molar-refractivity contribution in [2.45, 2.75) is 13.5 Å². The van der Waals surface area contributed by atoms with E-state index in [-0.39, 0.29) is 11.4 Å². The van der Waals surface area contributed by atoms with Crippen LogP contribution in [0.2, 0.25) is 0 Å². The number of nitro groups is 2. The first kappa shape index (κ1) is 23.8. The smallest absolute Gasteiger partial charge is 0.301 e. The molecule has 0 radical (unpaired) electrons. The van der Waals surface area contributed by atoms with Crippen LogP contribution in [0, 0.1) is 34.3 Å². The van der Waals surface area contributed by atoms with E-state index in [0.717, 1.165) is 30.1 Å². The van der Waals surface area contributed by atoms with Gasteiger partial charge in [-0.25, -0.2) is 0 Å². The largest absolute Gasteiger partial charge is 0.487 e. The van der Waals surface area contributed by atoms with Crippen molar-refractivity contribution in [1.29, 1.82) is 0 Å². The van der Waals surface area contributed by atoms with Crippen molar-refractivity contribution in [3.8, 4) is 5.75 Å². The van der Waals surface area contributed by atoms with E-state index in [2.05, 4.69) is 55.7 Å². The number of halogens is 2. The highest BCUT2D eigenvalue weighted by molar-refractivity contribution is 14.1. The average molecular weight is 658 g/mol. The molecule has 0 saturated carbocycles. The molecule has 3 aromatic carbocycles. The van der Waals surface area contributed by atoms with Crippen molar-refractivity contribution in [2.75, 3.05) is 5.43 Å². The quantitative estimate of drug-likeness (QED) is 0.136. The van der Waals surface area contributed by atoms with Gasteiger partial charge < -0.3 is 4.74 Å². The Morgan fingerprint density at radius 3 is 2.25 bits per heavy atom. The van der Waals surface area contributed by atoms with Crippen molar-refractivity contribution in [3.05, 3.63) is 98.7 Å². The second-order valence-corrected chi connectivity index (χ2v) is 9.00. The highest BCUT2D eigenvalue weighted by atomic mass is 127. The molecule has 32 heavy (non-hydrogen) atoms. The number of hydrogen-bond acceptors (Lipinski definition) is 7. The molecule has 0 bridgehead atoms. The minimum Gasteiger partial charge on any atom is -0.487 e. The Morgan fingerprint density at radius 1 is 1.00 bits per heavy atom. The van der Waals surface area contributed by atoms with Crippen LogP contribution in [0.3, 0.4) is 0 Å². The number of hydrogen-bond donors (Lipinski definition) is 1. The van der Waals surface area contributed by atoms with E-state index in [0.29, 0.717) is 6.61 Å². The fourth-order valence-electron chi connectivity index (χ4n) is 2.69. The Morgan fingerprint density at radius 2 is 1.66 bits per heavy atom. The number of benzene rings is 3. The molecule has 0 amide bonds. The van der Waals surface area contributed by atoms with E-state index in [4.69, 9.17) is 4.74 Å². The minimum atomic E-state index is -0.698. The number of rotatable bonds is 8. The van der Waals surface area contributed by atoms with Crippen molar-refractivity contribution in [1.82, 2.24) is 0 Å². The second-order valence-electron chi connectivity index (χ2n) is 6.67. The summed E-state index contributed by atoms with van der Waals surface area (Å²) in [5, 5.41) is 26.1. The van der Waals surface area contributed by atoms with Crippen LogP contribution in [0.15, 0.2) is 59.7 Å². The lowest BCUT2D eigenvalue weighted by molar-refractivity contribution is -0.393. The molecule has 0 spiro atoms. The average Bonchev–Trinajstić information content (AvgIpc) is 2.74. The first-order valence-corrected chi connectivity index (χ1v) is 11.3. The molecule has 9 nitrogen and oxygen atoms in total. The van der Waals surface area contributed by atoms with Gasteiger partial charge in [-0.3, -0.25) is 25.7 Å². The predicted octanol–water partition coefficient (Wildman–Crippen LogP) is 6.05. The summed E-state index contributed by atoms with van der Waals surface area (Å²) in [5.74, 6) is 0.767. The van der Waals surface area contributed by atoms with Crippen LogP contribution in [0.5, 0.6) is 5.75 Å². The predicted molar refractivity (Wildman–Crippen MR) is 138 cm³/mol. The number of nitrogens with zero attached hydrogens (tertiary/aromatic N) is 3. The summed E-state index contributed by atoms with van der Waals surface area (Å²) in [6.07, 6.45) is 1.51. The number of non-ortho nitro benzene ring substituents is 1.